The Bertz CT molecular complexity index is 839. The number of hydrazone groups is 1. The highest BCUT2D eigenvalue weighted by atomic mass is 32.2. The lowest BCUT2D eigenvalue weighted by Crippen LogP contribution is -2.23. The van der Waals surface area contributed by atoms with Gasteiger partial charge in [-0.1, -0.05) is 18.2 Å². The highest BCUT2D eigenvalue weighted by molar-refractivity contribution is 7.99. The van der Waals surface area contributed by atoms with Crippen LogP contribution < -0.4 is 11.2 Å². The molecule has 0 aliphatic heterocycles. The van der Waals surface area contributed by atoms with E-state index in [4.69, 9.17) is 10.2 Å². The largest absolute Gasteiger partial charge is 0.448 e. The van der Waals surface area contributed by atoms with E-state index in [1.807, 2.05) is 42.5 Å². The van der Waals surface area contributed by atoms with Crippen LogP contribution in [0.3, 0.4) is 0 Å². The van der Waals surface area contributed by atoms with E-state index in [1.165, 1.54) is 18.0 Å². The lowest BCUT2D eigenvalue weighted by Gasteiger charge is -2.02. The third-order valence-electron chi connectivity index (χ3n) is 2.77. The Labute approximate surface area is 136 Å². The quantitative estimate of drug-likeness (QED) is 0.435. The summed E-state index contributed by atoms with van der Waals surface area (Å²) < 4.78 is 5.68. The van der Waals surface area contributed by atoms with Gasteiger partial charge in [-0.25, -0.2) is 0 Å². The first kappa shape index (κ1) is 14.6. The Balaban J connectivity index is 1.79. The predicted octanol–water partition coefficient (Wildman–Crippen LogP) is 3.15. The van der Waals surface area contributed by atoms with Gasteiger partial charge in [0.05, 0.1) is 11.7 Å². The van der Waals surface area contributed by atoms with E-state index in [9.17, 15) is 0 Å². The van der Waals surface area contributed by atoms with Gasteiger partial charge in [-0.2, -0.15) is 5.10 Å². The number of pyridine rings is 1. The molecule has 0 amide bonds. The zero-order valence-corrected chi connectivity index (χ0v) is 13.0. The molecular formula is C15H12N4OS2. The van der Waals surface area contributed by atoms with Crippen LogP contribution in [0.15, 0.2) is 68.2 Å². The summed E-state index contributed by atoms with van der Waals surface area (Å²) in [6.07, 6.45) is 3.30. The number of aromatic nitrogens is 1. The van der Waals surface area contributed by atoms with Crippen molar-refractivity contribution in [1.82, 2.24) is 10.4 Å². The Kier molecular flexibility index (Phi) is 4.36. The number of rotatable bonds is 4. The van der Waals surface area contributed by atoms with Crippen molar-refractivity contribution in [2.75, 3.05) is 0 Å². The second-order valence-corrected chi connectivity index (χ2v) is 5.81. The SMILES string of the molecule is NC(=S)NN=Cc1ccc(Sc2cccc3cccnc23)o1. The molecule has 3 aromatic rings. The summed E-state index contributed by atoms with van der Waals surface area (Å²) in [6, 6.07) is 13.7. The number of benzene rings is 1. The maximum atomic E-state index is 5.68. The fourth-order valence-electron chi connectivity index (χ4n) is 1.89. The molecule has 0 aliphatic carbocycles. The first-order valence-corrected chi connectivity index (χ1v) is 7.65. The van der Waals surface area contributed by atoms with Crippen molar-refractivity contribution in [1.29, 1.82) is 0 Å². The summed E-state index contributed by atoms with van der Waals surface area (Å²) in [7, 11) is 0. The summed E-state index contributed by atoms with van der Waals surface area (Å²) in [4.78, 5) is 5.47. The van der Waals surface area contributed by atoms with Gasteiger partial charge < -0.3 is 10.2 Å². The molecule has 110 valence electrons. The number of furan rings is 1. The number of thiocarbonyl (C=S) groups is 1. The number of hydrogen-bond donors (Lipinski definition) is 2. The normalized spacial score (nSPS) is 11.1. The topological polar surface area (TPSA) is 76.4 Å². The van der Waals surface area contributed by atoms with Gasteiger partial charge >= 0.3 is 0 Å². The molecule has 2 heterocycles. The number of para-hydroxylation sites is 1. The van der Waals surface area contributed by atoms with Gasteiger partial charge in [0.15, 0.2) is 10.2 Å². The molecule has 0 spiro atoms. The number of nitrogens with zero attached hydrogens (tertiary/aromatic N) is 2. The number of hydrogen-bond acceptors (Lipinski definition) is 5. The summed E-state index contributed by atoms with van der Waals surface area (Å²) in [5, 5.41) is 5.82. The number of nitrogens with two attached hydrogens (primary N) is 1. The minimum atomic E-state index is 0.110. The smallest absolute Gasteiger partial charge is 0.184 e. The second kappa shape index (κ2) is 6.59. The minimum absolute atomic E-state index is 0.110. The predicted molar refractivity (Wildman–Crippen MR) is 92.1 cm³/mol. The fourth-order valence-corrected chi connectivity index (χ4v) is 2.84. The molecule has 2 aromatic heterocycles. The highest BCUT2D eigenvalue weighted by Gasteiger charge is 2.07. The Morgan fingerprint density at radius 1 is 1.27 bits per heavy atom. The standard InChI is InChI=1S/C15H12N4OS2/c16-15(21)19-18-9-11-6-7-13(20-11)22-12-5-1-3-10-4-2-8-17-14(10)12/h1-9H,(H3,16,19,21). The van der Waals surface area contributed by atoms with Crippen molar-refractivity contribution in [2.24, 2.45) is 10.8 Å². The first-order valence-electron chi connectivity index (χ1n) is 6.42. The lowest BCUT2D eigenvalue weighted by molar-refractivity contribution is 0.469. The summed E-state index contributed by atoms with van der Waals surface area (Å²) >= 11 is 6.17. The van der Waals surface area contributed by atoms with Crippen molar-refractivity contribution in [3.05, 3.63) is 54.4 Å². The van der Waals surface area contributed by atoms with Crippen LogP contribution in [0.25, 0.3) is 10.9 Å². The van der Waals surface area contributed by atoms with Gasteiger partial charge in [0.1, 0.15) is 5.76 Å². The van der Waals surface area contributed by atoms with Gasteiger partial charge in [0.2, 0.25) is 0 Å². The molecule has 0 atom stereocenters. The van der Waals surface area contributed by atoms with Crippen molar-refractivity contribution >= 4 is 46.2 Å². The first-order chi connectivity index (χ1) is 10.7. The highest BCUT2D eigenvalue weighted by Crippen LogP contribution is 2.33. The van der Waals surface area contributed by atoms with Crippen LogP contribution in [0.5, 0.6) is 0 Å². The van der Waals surface area contributed by atoms with Crippen molar-refractivity contribution < 1.29 is 4.42 Å². The molecule has 3 rings (SSSR count). The lowest BCUT2D eigenvalue weighted by atomic mass is 10.2. The molecule has 0 aliphatic rings. The van der Waals surface area contributed by atoms with E-state index in [1.54, 1.807) is 6.20 Å². The average molecular weight is 328 g/mol. The second-order valence-electron chi connectivity index (χ2n) is 4.32. The van der Waals surface area contributed by atoms with Crippen molar-refractivity contribution in [2.45, 2.75) is 9.99 Å². The third kappa shape index (κ3) is 3.44. The molecule has 0 saturated heterocycles. The van der Waals surface area contributed by atoms with Crippen LogP contribution >= 0.6 is 24.0 Å². The van der Waals surface area contributed by atoms with E-state index in [-0.39, 0.29) is 5.11 Å². The molecular weight excluding hydrogens is 316 g/mol. The van der Waals surface area contributed by atoms with Crippen LogP contribution in [0.2, 0.25) is 0 Å². The van der Waals surface area contributed by atoms with E-state index < -0.39 is 0 Å². The average Bonchev–Trinajstić information content (AvgIpc) is 2.95. The monoisotopic (exact) mass is 328 g/mol. The summed E-state index contributed by atoms with van der Waals surface area (Å²) in [5.41, 5.74) is 8.72. The Hall–Kier alpha value is -2.38. The van der Waals surface area contributed by atoms with Gasteiger partial charge in [-0.3, -0.25) is 10.4 Å². The van der Waals surface area contributed by atoms with E-state index in [0.717, 1.165) is 20.9 Å². The van der Waals surface area contributed by atoms with Crippen LogP contribution in [0, 0.1) is 0 Å². The van der Waals surface area contributed by atoms with Gasteiger partial charge in [0.25, 0.3) is 0 Å². The van der Waals surface area contributed by atoms with Crippen LogP contribution in [0.4, 0.5) is 0 Å². The van der Waals surface area contributed by atoms with Crippen LogP contribution in [0.1, 0.15) is 5.76 Å². The van der Waals surface area contributed by atoms with E-state index in [0.29, 0.717) is 5.76 Å². The molecule has 0 bridgehead atoms. The van der Waals surface area contributed by atoms with Crippen LogP contribution in [-0.4, -0.2) is 16.3 Å². The Morgan fingerprint density at radius 3 is 3.00 bits per heavy atom. The molecule has 0 fully saturated rings. The summed E-state index contributed by atoms with van der Waals surface area (Å²) in [6.45, 7) is 0. The zero-order valence-electron chi connectivity index (χ0n) is 11.4. The van der Waals surface area contributed by atoms with Gasteiger partial charge in [-0.05, 0) is 48.2 Å². The summed E-state index contributed by atoms with van der Waals surface area (Å²) in [5.74, 6) is 0.611. The minimum Gasteiger partial charge on any atom is -0.448 e. The van der Waals surface area contributed by atoms with Crippen LogP contribution in [-0.2, 0) is 0 Å². The maximum Gasteiger partial charge on any atom is 0.184 e. The molecule has 0 saturated carbocycles. The molecule has 3 N–H and O–H groups in total. The Morgan fingerprint density at radius 2 is 2.14 bits per heavy atom. The molecule has 7 heteroatoms. The number of nitrogens with one attached hydrogen (secondary N) is 1. The molecule has 0 unspecified atom stereocenters. The van der Waals surface area contributed by atoms with Gasteiger partial charge in [-0.15, -0.1) is 0 Å². The van der Waals surface area contributed by atoms with Crippen molar-refractivity contribution in [3.8, 4) is 0 Å². The molecule has 0 radical (unpaired) electrons. The maximum absolute atomic E-state index is 5.68. The fraction of sp³-hybridized carbons (Fsp3) is 0. The third-order valence-corrected chi connectivity index (χ3v) is 3.84. The van der Waals surface area contributed by atoms with Gasteiger partial charge in [0, 0.05) is 16.5 Å². The zero-order chi connectivity index (χ0) is 15.4. The van der Waals surface area contributed by atoms with Crippen molar-refractivity contribution in [3.63, 3.8) is 0 Å². The molecule has 5 nitrogen and oxygen atoms in total. The van der Waals surface area contributed by atoms with E-state index in [2.05, 4.69) is 27.7 Å². The van der Waals surface area contributed by atoms with E-state index >= 15 is 0 Å². The molecule has 22 heavy (non-hydrogen) atoms. The molecule has 1 aromatic carbocycles. The number of fused-ring (bicyclic) bond motifs is 1.